The van der Waals surface area contributed by atoms with E-state index in [-0.39, 0.29) is 5.97 Å². The van der Waals surface area contributed by atoms with Crippen molar-refractivity contribution >= 4 is 5.97 Å². The lowest BCUT2D eigenvalue weighted by atomic mass is 9.95. The van der Waals surface area contributed by atoms with Crippen LogP contribution < -0.4 is 0 Å². The minimum absolute atomic E-state index is 0.290. The van der Waals surface area contributed by atoms with Crippen LogP contribution in [0, 0.1) is 5.92 Å². The van der Waals surface area contributed by atoms with Crippen LogP contribution in [0.2, 0.25) is 0 Å². The third-order valence-corrected chi connectivity index (χ3v) is 2.50. The van der Waals surface area contributed by atoms with Crippen molar-refractivity contribution in [2.75, 3.05) is 6.61 Å². The highest BCUT2D eigenvalue weighted by molar-refractivity contribution is 5.75. The van der Waals surface area contributed by atoms with Crippen LogP contribution in [0.25, 0.3) is 0 Å². The smallest absolute Gasteiger partial charge is 0.312 e. The van der Waals surface area contributed by atoms with Crippen molar-refractivity contribution in [3.05, 3.63) is 35.9 Å². The second-order valence-corrected chi connectivity index (χ2v) is 3.42. The quantitative estimate of drug-likeness (QED) is 0.718. The highest BCUT2D eigenvalue weighted by atomic mass is 16.5. The first-order valence-corrected chi connectivity index (χ1v) is 4.68. The van der Waals surface area contributed by atoms with Gasteiger partial charge in [0.15, 0.2) is 0 Å². The third-order valence-electron chi connectivity index (χ3n) is 2.50. The fourth-order valence-corrected chi connectivity index (χ4v) is 1.68. The maximum atomic E-state index is 11.2. The Hall–Kier alpha value is -1.35. The molecule has 3 heteroatoms. The van der Waals surface area contributed by atoms with Crippen LogP contribution in [0.3, 0.4) is 0 Å². The van der Waals surface area contributed by atoms with Gasteiger partial charge < -0.3 is 9.84 Å². The monoisotopic (exact) mass is 192 g/mol. The number of cyclic esters (lactones) is 1. The highest BCUT2D eigenvalue weighted by Gasteiger charge is 2.33. The molecule has 0 aliphatic carbocycles. The Morgan fingerprint density at radius 3 is 2.64 bits per heavy atom. The van der Waals surface area contributed by atoms with Crippen molar-refractivity contribution in [2.45, 2.75) is 12.5 Å². The summed E-state index contributed by atoms with van der Waals surface area (Å²) in [6.45, 7) is 0.424. The predicted molar refractivity (Wildman–Crippen MR) is 50.5 cm³/mol. The molecule has 2 unspecified atom stereocenters. The summed E-state index contributed by atoms with van der Waals surface area (Å²) in [5.74, 6) is -0.682. The van der Waals surface area contributed by atoms with Gasteiger partial charge >= 0.3 is 5.97 Å². The summed E-state index contributed by atoms with van der Waals surface area (Å²) >= 11 is 0. The molecular formula is C11H12O3. The molecule has 2 rings (SSSR count). The summed E-state index contributed by atoms with van der Waals surface area (Å²) < 4.78 is 4.81. The fraction of sp³-hybridized carbons (Fsp3) is 0.364. The van der Waals surface area contributed by atoms with E-state index in [1.54, 1.807) is 0 Å². The molecule has 1 fully saturated rings. The minimum Gasteiger partial charge on any atom is -0.465 e. The highest BCUT2D eigenvalue weighted by Crippen LogP contribution is 2.29. The SMILES string of the molecule is O=C1OCCC1C(O)c1ccccc1. The molecule has 3 nitrogen and oxygen atoms in total. The van der Waals surface area contributed by atoms with Crippen LogP contribution >= 0.6 is 0 Å². The fourth-order valence-electron chi connectivity index (χ4n) is 1.68. The van der Waals surface area contributed by atoms with E-state index in [4.69, 9.17) is 4.74 Å². The molecule has 0 amide bonds. The molecule has 1 aliphatic heterocycles. The number of aliphatic hydroxyl groups is 1. The van der Waals surface area contributed by atoms with E-state index in [9.17, 15) is 9.90 Å². The van der Waals surface area contributed by atoms with Crippen LogP contribution in [0.4, 0.5) is 0 Å². The zero-order valence-electron chi connectivity index (χ0n) is 7.72. The van der Waals surface area contributed by atoms with Crippen molar-refractivity contribution in [1.29, 1.82) is 0 Å². The van der Waals surface area contributed by atoms with E-state index in [1.165, 1.54) is 0 Å². The van der Waals surface area contributed by atoms with Gasteiger partial charge in [-0.1, -0.05) is 30.3 Å². The van der Waals surface area contributed by atoms with Gasteiger partial charge in [-0.3, -0.25) is 4.79 Å². The Morgan fingerprint density at radius 2 is 2.07 bits per heavy atom. The average molecular weight is 192 g/mol. The number of esters is 1. The molecule has 0 spiro atoms. The van der Waals surface area contributed by atoms with Gasteiger partial charge in [-0.05, 0) is 12.0 Å². The number of rotatable bonds is 2. The summed E-state index contributed by atoms with van der Waals surface area (Å²) in [5, 5.41) is 9.89. The van der Waals surface area contributed by atoms with E-state index in [0.717, 1.165) is 5.56 Å². The maximum Gasteiger partial charge on any atom is 0.312 e. The molecule has 0 bridgehead atoms. The van der Waals surface area contributed by atoms with E-state index >= 15 is 0 Å². The average Bonchev–Trinajstić information content (AvgIpc) is 2.65. The van der Waals surface area contributed by atoms with Crippen LogP contribution in [0.5, 0.6) is 0 Å². The van der Waals surface area contributed by atoms with Gasteiger partial charge in [0.2, 0.25) is 0 Å². The van der Waals surface area contributed by atoms with Crippen molar-refractivity contribution in [3.63, 3.8) is 0 Å². The molecule has 0 radical (unpaired) electrons. The normalized spacial score (nSPS) is 23.2. The van der Waals surface area contributed by atoms with Crippen molar-refractivity contribution < 1.29 is 14.6 Å². The van der Waals surface area contributed by atoms with E-state index < -0.39 is 12.0 Å². The first-order valence-electron chi connectivity index (χ1n) is 4.68. The summed E-state index contributed by atoms with van der Waals surface area (Å²) in [5.41, 5.74) is 0.774. The number of hydrogen-bond acceptors (Lipinski definition) is 3. The first kappa shape index (κ1) is 9.21. The number of ether oxygens (including phenoxy) is 1. The Balaban J connectivity index is 2.16. The molecule has 2 atom stereocenters. The van der Waals surface area contributed by atoms with Crippen LogP contribution in [0.1, 0.15) is 18.1 Å². The molecule has 14 heavy (non-hydrogen) atoms. The lowest BCUT2D eigenvalue weighted by Gasteiger charge is -2.14. The molecule has 0 aromatic heterocycles. The molecule has 1 aromatic rings. The zero-order valence-corrected chi connectivity index (χ0v) is 7.72. The van der Waals surface area contributed by atoms with E-state index in [1.807, 2.05) is 30.3 Å². The second kappa shape index (κ2) is 3.80. The van der Waals surface area contributed by atoms with Crippen LogP contribution in [-0.2, 0) is 9.53 Å². The lowest BCUT2D eigenvalue weighted by molar-refractivity contribution is -0.144. The molecule has 1 heterocycles. The van der Waals surface area contributed by atoms with Gasteiger partial charge in [-0.2, -0.15) is 0 Å². The van der Waals surface area contributed by atoms with Gasteiger partial charge in [0.25, 0.3) is 0 Å². The van der Waals surface area contributed by atoms with Gasteiger partial charge in [0, 0.05) is 0 Å². The maximum absolute atomic E-state index is 11.2. The van der Waals surface area contributed by atoms with Gasteiger partial charge in [0.1, 0.15) is 0 Å². The second-order valence-electron chi connectivity index (χ2n) is 3.42. The molecule has 1 N–H and O–H groups in total. The molecule has 1 aromatic carbocycles. The van der Waals surface area contributed by atoms with E-state index in [2.05, 4.69) is 0 Å². The summed E-state index contributed by atoms with van der Waals surface area (Å²) in [7, 11) is 0. The van der Waals surface area contributed by atoms with Crippen molar-refractivity contribution in [1.82, 2.24) is 0 Å². The Labute approximate surface area is 82.3 Å². The number of hydrogen-bond donors (Lipinski definition) is 1. The lowest BCUT2D eigenvalue weighted by Crippen LogP contribution is -2.17. The minimum atomic E-state index is -0.730. The van der Waals surface area contributed by atoms with Crippen LogP contribution in [0.15, 0.2) is 30.3 Å². The zero-order chi connectivity index (χ0) is 9.97. The molecule has 1 saturated heterocycles. The number of carbonyl (C=O) groups excluding carboxylic acids is 1. The summed E-state index contributed by atoms with van der Waals surface area (Å²) in [6, 6.07) is 9.20. The summed E-state index contributed by atoms with van der Waals surface area (Å²) in [4.78, 5) is 11.2. The van der Waals surface area contributed by atoms with Crippen LogP contribution in [-0.4, -0.2) is 17.7 Å². The van der Waals surface area contributed by atoms with E-state index in [0.29, 0.717) is 13.0 Å². The molecule has 1 aliphatic rings. The molecule has 0 saturated carbocycles. The van der Waals surface area contributed by atoms with Crippen molar-refractivity contribution in [3.8, 4) is 0 Å². The topological polar surface area (TPSA) is 46.5 Å². The summed E-state index contributed by atoms with van der Waals surface area (Å²) in [6.07, 6.45) is -0.124. The third kappa shape index (κ3) is 1.63. The Bertz CT molecular complexity index is 321. The van der Waals surface area contributed by atoms with Gasteiger partial charge in [-0.25, -0.2) is 0 Å². The van der Waals surface area contributed by atoms with Crippen molar-refractivity contribution in [2.24, 2.45) is 5.92 Å². The largest absolute Gasteiger partial charge is 0.465 e. The predicted octanol–water partition coefficient (Wildman–Crippen LogP) is 1.28. The van der Waals surface area contributed by atoms with Gasteiger partial charge in [0.05, 0.1) is 18.6 Å². The Morgan fingerprint density at radius 1 is 1.36 bits per heavy atom. The number of aliphatic hydroxyl groups excluding tert-OH is 1. The molecule has 74 valence electrons. The standard InChI is InChI=1S/C11H12O3/c12-10(8-4-2-1-3-5-8)9-6-7-14-11(9)13/h1-5,9-10,12H,6-7H2. The Kier molecular flexibility index (Phi) is 2.50. The first-order chi connectivity index (χ1) is 6.79. The van der Waals surface area contributed by atoms with Gasteiger partial charge in [-0.15, -0.1) is 0 Å². The molecular weight excluding hydrogens is 180 g/mol. The number of carbonyl (C=O) groups is 1. The number of benzene rings is 1.